The Kier molecular flexibility index (Phi) is 2.83. The molecule has 3 rings (SSSR count). The Morgan fingerprint density at radius 3 is 2.47 bits per heavy atom. The van der Waals surface area contributed by atoms with Gasteiger partial charge < -0.3 is 15.5 Å². The number of nitrogens with zero attached hydrogens (tertiary/aromatic N) is 1. The topological polar surface area (TPSA) is 27.3 Å². The predicted octanol–water partition coefficient (Wildman–Crippen LogP) is 2.90. The van der Waals surface area contributed by atoms with Gasteiger partial charge in [-0.2, -0.15) is 0 Å². The molecular formula is C14H21N3. The molecule has 1 heterocycles. The van der Waals surface area contributed by atoms with E-state index >= 15 is 0 Å². The molecule has 0 atom stereocenters. The fourth-order valence-corrected chi connectivity index (χ4v) is 2.41. The summed E-state index contributed by atoms with van der Waals surface area (Å²) < 4.78 is 0. The van der Waals surface area contributed by atoms with E-state index in [9.17, 15) is 0 Å². The van der Waals surface area contributed by atoms with Crippen LogP contribution in [-0.4, -0.2) is 26.2 Å². The van der Waals surface area contributed by atoms with Crippen molar-refractivity contribution >= 4 is 17.1 Å². The largest absolute Gasteiger partial charge is 0.386 e. The van der Waals surface area contributed by atoms with Gasteiger partial charge >= 0.3 is 0 Å². The normalized spacial score (nSPS) is 19.5. The molecule has 1 aromatic rings. The first kappa shape index (κ1) is 10.8. The summed E-state index contributed by atoms with van der Waals surface area (Å²) in [6.07, 6.45) is 5.34. The molecule has 0 unspecified atom stereocenters. The van der Waals surface area contributed by atoms with Crippen LogP contribution in [0.25, 0.3) is 0 Å². The van der Waals surface area contributed by atoms with Crippen LogP contribution in [0.15, 0.2) is 18.2 Å². The fraction of sp³-hybridized carbons (Fsp3) is 0.571. The van der Waals surface area contributed by atoms with Crippen LogP contribution in [-0.2, 0) is 0 Å². The molecule has 1 aliphatic heterocycles. The molecule has 2 aliphatic rings. The summed E-state index contributed by atoms with van der Waals surface area (Å²) in [5, 5.41) is 6.92. The van der Waals surface area contributed by atoms with Crippen LogP contribution in [0.1, 0.15) is 25.7 Å². The van der Waals surface area contributed by atoms with Gasteiger partial charge in [-0.1, -0.05) is 0 Å². The maximum atomic E-state index is 3.62. The minimum atomic E-state index is 0.692. The van der Waals surface area contributed by atoms with E-state index in [0.717, 1.165) is 0 Å². The maximum absolute atomic E-state index is 3.62. The van der Waals surface area contributed by atoms with E-state index in [4.69, 9.17) is 0 Å². The van der Waals surface area contributed by atoms with Gasteiger partial charge in [-0.3, -0.25) is 0 Å². The predicted molar refractivity (Wildman–Crippen MR) is 74.1 cm³/mol. The molecule has 17 heavy (non-hydrogen) atoms. The first-order valence-electron chi connectivity index (χ1n) is 6.70. The lowest BCUT2D eigenvalue weighted by Crippen LogP contribution is -2.37. The maximum Gasteiger partial charge on any atom is 0.0594 e. The lowest BCUT2D eigenvalue weighted by molar-refractivity contribution is 0.446. The minimum Gasteiger partial charge on any atom is -0.386 e. The molecule has 0 bridgehead atoms. The SMILES string of the molecule is CNc1cc(N2CCC2)ccc1NC1CCC1. The summed E-state index contributed by atoms with van der Waals surface area (Å²) in [6, 6.07) is 7.41. The van der Waals surface area contributed by atoms with E-state index in [1.165, 1.54) is 55.8 Å². The van der Waals surface area contributed by atoms with Crippen molar-refractivity contribution in [3.8, 4) is 0 Å². The van der Waals surface area contributed by atoms with Gasteiger partial charge in [-0.25, -0.2) is 0 Å². The molecule has 0 spiro atoms. The summed E-state index contributed by atoms with van der Waals surface area (Å²) in [5.74, 6) is 0. The second kappa shape index (κ2) is 4.47. The van der Waals surface area contributed by atoms with Crippen molar-refractivity contribution in [3.63, 3.8) is 0 Å². The number of nitrogens with one attached hydrogen (secondary N) is 2. The smallest absolute Gasteiger partial charge is 0.0594 e. The van der Waals surface area contributed by atoms with Crippen molar-refractivity contribution in [3.05, 3.63) is 18.2 Å². The molecule has 3 nitrogen and oxygen atoms in total. The van der Waals surface area contributed by atoms with Crippen LogP contribution in [0.3, 0.4) is 0 Å². The number of rotatable bonds is 4. The van der Waals surface area contributed by atoms with E-state index < -0.39 is 0 Å². The van der Waals surface area contributed by atoms with E-state index in [0.29, 0.717) is 6.04 Å². The zero-order chi connectivity index (χ0) is 11.7. The number of hydrogen-bond acceptors (Lipinski definition) is 3. The lowest BCUT2D eigenvalue weighted by atomic mass is 9.93. The molecule has 92 valence electrons. The van der Waals surface area contributed by atoms with Crippen molar-refractivity contribution in [1.82, 2.24) is 0 Å². The molecule has 2 N–H and O–H groups in total. The van der Waals surface area contributed by atoms with E-state index in [-0.39, 0.29) is 0 Å². The first-order chi connectivity index (χ1) is 8.36. The van der Waals surface area contributed by atoms with Crippen LogP contribution in [0.2, 0.25) is 0 Å². The van der Waals surface area contributed by atoms with Crippen molar-refractivity contribution in [2.45, 2.75) is 31.7 Å². The third-order valence-corrected chi connectivity index (χ3v) is 3.96. The van der Waals surface area contributed by atoms with E-state index in [1.807, 2.05) is 7.05 Å². The highest BCUT2D eigenvalue weighted by molar-refractivity contribution is 5.74. The average Bonchev–Trinajstić information content (AvgIpc) is 2.22. The highest BCUT2D eigenvalue weighted by Crippen LogP contribution is 2.32. The zero-order valence-electron chi connectivity index (χ0n) is 10.5. The van der Waals surface area contributed by atoms with Crippen LogP contribution >= 0.6 is 0 Å². The average molecular weight is 231 g/mol. The summed E-state index contributed by atoms with van der Waals surface area (Å²) in [4.78, 5) is 2.42. The third-order valence-electron chi connectivity index (χ3n) is 3.96. The van der Waals surface area contributed by atoms with Crippen molar-refractivity contribution in [2.24, 2.45) is 0 Å². The zero-order valence-corrected chi connectivity index (χ0v) is 10.5. The molecule has 0 aromatic heterocycles. The number of hydrogen-bond donors (Lipinski definition) is 2. The van der Waals surface area contributed by atoms with Gasteiger partial charge in [0.1, 0.15) is 0 Å². The summed E-state index contributed by atoms with van der Waals surface area (Å²) in [7, 11) is 2.00. The van der Waals surface area contributed by atoms with Gasteiger partial charge in [0.05, 0.1) is 11.4 Å². The highest BCUT2D eigenvalue weighted by atomic mass is 15.2. The van der Waals surface area contributed by atoms with E-state index in [1.54, 1.807) is 0 Å². The Balaban J connectivity index is 1.77. The number of anilines is 3. The van der Waals surface area contributed by atoms with Crippen LogP contribution in [0, 0.1) is 0 Å². The molecular weight excluding hydrogens is 210 g/mol. The molecule has 2 fully saturated rings. The number of benzene rings is 1. The molecule has 1 aromatic carbocycles. The van der Waals surface area contributed by atoms with Gasteiger partial charge in [0.15, 0.2) is 0 Å². The molecule has 1 saturated carbocycles. The van der Waals surface area contributed by atoms with E-state index in [2.05, 4.69) is 33.7 Å². The van der Waals surface area contributed by atoms with Gasteiger partial charge in [-0.15, -0.1) is 0 Å². The van der Waals surface area contributed by atoms with Gasteiger partial charge in [0.2, 0.25) is 0 Å². The van der Waals surface area contributed by atoms with Gasteiger partial charge in [0, 0.05) is 31.9 Å². The van der Waals surface area contributed by atoms with Gasteiger partial charge in [-0.05, 0) is 43.9 Å². The molecule has 0 radical (unpaired) electrons. The van der Waals surface area contributed by atoms with Crippen LogP contribution < -0.4 is 15.5 Å². The fourth-order valence-electron chi connectivity index (χ4n) is 2.41. The molecule has 3 heteroatoms. The van der Waals surface area contributed by atoms with Crippen LogP contribution in [0.4, 0.5) is 17.1 Å². The Morgan fingerprint density at radius 2 is 1.94 bits per heavy atom. The van der Waals surface area contributed by atoms with Crippen molar-refractivity contribution in [2.75, 3.05) is 35.7 Å². The Hall–Kier alpha value is -1.38. The van der Waals surface area contributed by atoms with Gasteiger partial charge in [0.25, 0.3) is 0 Å². The standard InChI is InChI=1S/C14H21N3/c1-15-14-10-12(17-8-3-9-17)6-7-13(14)16-11-4-2-5-11/h6-7,10-11,15-16H,2-5,8-9H2,1H3. The summed E-state index contributed by atoms with van der Waals surface area (Å²) in [5.41, 5.74) is 3.82. The Bertz CT molecular complexity index is 394. The molecule has 1 aliphatic carbocycles. The third kappa shape index (κ3) is 2.06. The van der Waals surface area contributed by atoms with Crippen molar-refractivity contribution < 1.29 is 0 Å². The second-order valence-corrected chi connectivity index (χ2v) is 5.09. The molecule has 1 saturated heterocycles. The monoisotopic (exact) mass is 231 g/mol. The Labute approximate surface area is 103 Å². The lowest BCUT2D eigenvalue weighted by Gasteiger charge is -2.34. The minimum absolute atomic E-state index is 0.692. The van der Waals surface area contributed by atoms with Crippen LogP contribution in [0.5, 0.6) is 0 Å². The molecule has 0 amide bonds. The summed E-state index contributed by atoms with van der Waals surface area (Å²) >= 11 is 0. The Morgan fingerprint density at radius 1 is 1.12 bits per heavy atom. The highest BCUT2D eigenvalue weighted by Gasteiger charge is 2.19. The quantitative estimate of drug-likeness (QED) is 0.834. The second-order valence-electron chi connectivity index (χ2n) is 5.09. The van der Waals surface area contributed by atoms with Crippen molar-refractivity contribution in [1.29, 1.82) is 0 Å². The first-order valence-corrected chi connectivity index (χ1v) is 6.70. The summed E-state index contributed by atoms with van der Waals surface area (Å²) in [6.45, 7) is 2.41.